The highest BCUT2D eigenvalue weighted by atomic mass is 16.6. The van der Waals surface area contributed by atoms with E-state index in [2.05, 4.69) is 0 Å². The molecule has 0 heterocycles. The maximum Gasteiger partial charge on any atom is 0.338 e. The standard InChI is InChI=1S/C20H28O3/c1-20(2,3)23-19(22)17-11-7-15(8-12-17)5-4-6-16-9-13-18(21)14-10-16/h7-8,11-12,16H,4-6,9-10,13-14H2,1-3H3. The lowest BCUT2D eigenvalue weighted by Gasteiger charge is -2.20. The summed E-state index contributed by atoms with van der Waals surface area (Å²) in [6, 6.07) is 7.73. The van der Waals surface area contributed by atoms with E-state index in [1.54, 1.807) is 0 Å². The second-order valence-electron chi connectivity index (χ2n) is 7.57. The molecule has 0 spiro atoms. The van der Waals surface area contributed by atoms with Crippen molar-refractivity contribution in [2.75, 3.05) is 0 Å². The topological polar surface area (TPSA) is 43.4 Å². The van der Waals surface area contributed by atoms with Crippen LogP contribution in [0.1, 0.15) is 75.2 Å². The van der Waals surface area contributed by atoms with Gasteiger partial charge in [-0.15, -0.1) is 0 Å². The first-order valence-electron chi connectivity index (χ1n) is 8.67. The van der Waals surface area contributed by atoms with Gasteiger partial charge in [-0.3, -0.25) is 4.79 Å². The Balaban J connectivity index is 1.76. The summed E-state index contributed by atoms with van der Waals surface area (Å²) in [5.41, 5.74) is 1.40. The first-order valence-corrected chi connectivity index (χ1v) is 8.67. The van der Waals surface area contributed by atoms with Crippen LogP contribution in [0.5, 0.6) is 0 Å². The molecule has 1 aromatic carbocycles. The van der Waals surface area contributed by atoms with Crippen LogP contribution in [0.4, 0.5) is 0 Å². The number of esters is 1. The second-order valence-corrected chi connectivity index (χ2v) is 7.57. The molecule has 1 aliphatic rings. The minimum absolute atomic E-state index is 0.268. The number of aryl methyl sites for hydroxylation is 1. The molecule has 0 bridgehead atoms. The molecule has 0 amide bonds. The molecule has 0 unspecified atom stereocenters. The summed E-state index contributed by atoms with van der Waals surface area (Å²) in [5, 5.41) is 0. The lowest BCUT2D eigenvalue weighted by Crippen LogP contribution is -2.23. The van der Waals surface area contributed by atoms with Gasteiger partial charge in [-0.25, -0.2) is 4.79 Å². The van der Waals surface area contributed by atoms with Crippen molar-refractivity contribution in [2.45, 2.75) is 71.3 Å². The first-order chi connectivity index (χ1) is 10.8. The zero-order valence-electron chi connectivity index (χ0n) is 14.6. The van der Waals surface area contributed by atoms with Crippen LogP contribution in [0.2, 0.25) is 0 Å². The van der Waals surface area contributed by atoms with Gasteiger partial charge in [0.1, 0.15) is 11.4 Å². The molecule has 0 saturated heterocycles. The number of hydrogen-bond donors (Lipinski definition) is 0. The van der Waals surface area contributed by atoms with Crippen molar-refractivity contribution in [3.63, 3.8) is 0 Å². The zero-order valence-corrected chi connectivity index (χ0v) is 14.6. The van der Waals surface area contributed by atoms with Gasteiger partial charge in [0, 0.05) is 12.8 Å². The SMILES string of the molecule is CC(C)(C)OC(=O)c1ccc(CCCC2CCC(=O)CC2)cc1. The van der Waals surface area contributed by atoms with E-state index in [-0.39, 0.29) is 5.97 Å². The molecule has 2 rings (SSSR count). The summed E-state index contributed by atoms with van der Waals surface area (Å²) in [4.78, 5) is 23.2. The van der Waals surface area contributed by atoms with Crippen LogP contribution >= 0.6 is 0 Å². The van der Waals surface area contributed by atoms with E-state index < -0.39 is 5.60 Å². The van der Waals surface area contributed by atoms with Crippen molar-refractivity contribution in [1.82, 2.24) is 0 Å². The van der Waals surface area contributed by atoms with Gasteiger partial charge in [-0.1, -0.05) is 18.6 Å². The molecule has 0 N–H and O–H groups in total. The third-order valence-corrected chi connectivity index (χ3v) is 4.33. The Kier molecular flexibility index (Phi) is 5.97. The van der Waals surface area contributed by atoms with Crippen molar-refractivity contribution in [2.24, 2.45) is 5.92 Å². The smallest absolute Gasteiger partial charge is 0.338 e. The number of Topliss-reactive ketones (excluding diaryl/α,β-unsaturated/α-hetero) is 1. The van der Waals surface area contributed by atoms with Gasteiger partial charge in [0.15, 0.2) is 0 Å². The minimum Gasteiger partial charge on any atom is -0.456 e. The maximum absolute atomic E-state index is 12.0. The van der Waals surface area contributed by atoms with Crippen molar-refractivity contribution in [3.05, 3.63) is 35.4 Å². The normalized spacial score (nSPS) is 16.4. The Labute approximate surface area is 139 Å². The van der Waals surface area contributed by atoms with Crippen molar-refractivity contribution < 1.29 is 14.3 Å². The summed E-state index contributed by atoms with van der Waals surface area (Å²) in [7, 11) is 0. The fraction of sp³-hybridized carbons (Fsp3) is 0.600. The third-order valence-electron chi connectivity index (χ3n) is 4.33. The molecule has 0 aromatic heterocycles. The fourth-order valence-corrected chi connectivity index (χ4v) is 3.03. The van der Waals surface area contributed by atoms with E-state index in [9.17, 15) is 9.59 Å². The maximum atomic E-state index is 12.0. The van der Waals surface area contributed by atoms with Crippen LogP contribution in [-0.4, -0.2) is 17.4 Å². The van der Waals surface area contributed by atoms with E-state index >= 15 is 0 Å². The molecule has 0 atom stereocenters. The van der Waals surface area contributed by atoms with Gasteiger partial charge < -0.3 is 4.74 Å². The van der Waals surface area contributed by atoms with Crippen molar-refractivity contribution >= 4 is 11.8 Å². The molecule has 1 saturated carbocycles. The minimum atomic E-state index is -0.461. The largest absolute Gasteiger partial charge is 0.456 e. The Morgan fingerprint density at radius 1 is 1.13 bits per heavy atom. The number of benzene rings is 1. The fourth-order valence-electron chi connectivity index (χ4n) is 3.03. The van der Waals surface area contributed by atoms with Crippen LogP contribution < -0.4 is 0 Å². The molecule has 3 heteroatoms. The van der Waals surface area contributed by atoms with Crippen LogP contribution in [0.3, 0.4) is 0 Å². The van der Waals surface area contributed by atoms with Gasteiger partial charge in [-0.2, -0.15) is 0 Å². The summed E-state index contributed by atoms with van der Waals surface area (Å²) >= 11 is 0. The van der Waals surface area contributed by atoms with Crippen LogP contribution in [-0.2, 0) is 16.0 Å². The highest BCUT2D eigenvalue weighted by Gasteiger charge is 2.19. The van der Waals surface area contributed by atoms with E-state index in [1.807, 2.05) is 45.0 Å². The highest BCUT2D eigenvalue weighted by Crippen LogP contribution is 2.26. The van der Waals surface area contributed by atoms with Crippen molar-refractivity contribution in [1.29, 1.82) is 0 Å². The van der Waals surface area contributed by atoms with E-state index in [1.165, 1.54) is 12.0 Å². The summed E-state index contributed by atoms with van der Waals surface area (Å²) in [6.07, 6.45) is 7.04. The van der Waals surface area contributed by atoms with Gasteiger partial charge in [-0.05, 0) is 70.1 Å². The monoisotopic (exact) mass is 316 g/mol. The van der Waals surface area contributed by atoms with Crippen LogP contribution in [0, 0.1) is 5.92 Å². The molecule has 1 aromatic rings. The first kappa shape index (κ1) is 17.7. The molecule has 3 nitrogen and oxygen atoms in total. The molecule has 23 heavy (non-hydrogen) atoms. The molecule has 1 fully saturated rings. The Morgan fingerprint density at radius 2 is 1.74 bits per heavy atom. The number of ketones is 1. The Bertz CT molecular complexity index is 527. The van der Waals surface area contributed by atoms with E-state index in [4.69, 9.17) is 4.74 Å². The number of ether oxygens (including phenoxy) is 1. The Hall–Kier alpha value is -1.64. The number of hydrogen-bond acceptors (Lipinski definition) is 3. The summed E-state index contributed by atoms with van der Waals surface area (Å²) in [6.45, 7) is 5.62. The molecular formula is C20H28O3. The molecule has 126 valence electrons. The lowest BCUT2D eigenvalue weighted by molar-refractivity contribution is -0.121. The molecule has 0 aliphatic heterocycles. The van der Waals surface area contributed by atoms with Gasteiger partial charge in [0.05, 0.1) is 5.56 Å². The molecule has 0 radical (unpaired) electrons. The number of rotatable bonds is 5. The number of carbonyl (C=O) groups excluding carboxylic acids is 2. The van der Waals surface area contributed by atoms with Gasteiger partial charge in [0.2, 0.25) is 0 Å². The van der Waals surface area contributed by atoms with E-state index in [0.29, 0.717) is 17.3 Å². The predicted molar refractivity (Wildman–Crippen MR) is 91.5 cm³/mol. The third kappa shape index (κ3) is 6.17. The zero-order chi connectivity index (χ0) is 16.9. The average molecular weight is 316 g/mol. The average Bonchev–Trinajstić information content (AvgIpc) is 2.48. The van der Waals surface area contributed by atoms with Gasteiger partial charge >= 0.3 is 5.97 Å². The highest BCUT2D eigenvalue weighted by molar-refractivity contribution is 5.89. The van der Waals surface area contributed by atoms with Gasteiger partial charge in [0.25, 0.3) is 0 Å². The second kappa shape index (κ2) is 7.76. The predicted octanol–water partition coefficient (Wildman–Crippen LogP) is 4.72. The quantitative estimate of drug-likeness (QED) is 0.738. The van der Waals surface area contributed by atoms with Crippen molar-refractivity contribution in [3.8, 4) is 0 Å². The molecular weight excluding hydrogens is 288 g/mol. The van der Waals surface area contributed by atoms with Crippen LogP contribution in [0.25, 0.3) is 0 Å². The van der Waals surface area contributed by atoms with E-state index in [0.717, 1.165) is 38.5 Å². The Morgan fingerprint density at radius 3 is 2.30 bits per heavy atom. The van der Waals surface area contributed by atoms with Crippen LogP contribution in [0.15, 0.2) is 24.3 Å². The lowest BCUT2D eigenvalue weighted by atomic mass is 9.85. The number of carbonyl (C=O) groups is 2. The molecule has 1 aliphatic carbocycles. The summed E-state index contributed by atoms with van der Waals surface area (Å²) in [5.74, 6) is 0.878. The summed E-state index contributed by atoms with van der Waals surface area (Å²) < 4.78 is 5.37.